The Labute approximate surface area is 141 Å². The van der Waals surface area contributed by atoms with E-state index >= 15 is 0 Å². The molecule has 0 amide bonds. The zero-order valence-electron chi connectivity index (χ0n) is 14.1. The largest absolute Gasteiger partial charge is 0.493 e. The van der Waals surface area contributed by atoms with Crippen molar-refractivity contribution in [3.63, 3.8) is 0 Å². The SMILES string of the molecule is COc1cccc2c1OCC(Nc1cc(OC(C)C)nc(N)n1)C2. The van der Waals surface area contributed by atoms with E-state index in [4.69, 9.17) is 19.9 Å². The Morgan fingerprint density at radius 2 is 2.17 bits per heavy atom. The number of fused-ring (bicyclic) bond motifs is 1. The van der Waals surface area contributed by atoms with Crippen LogP contribution in [0.1, 0.15) is 19.4 Å². The molecule has 128 valence electrons. The first-order chi connectivity index (χ1) is 11.5. The highest BCUT2D eigenvalue weighted by atomic mass is 16.5. The third-order valence-electron chi connectivity index (χ3n) is 3.60. The van der Waals surface area contributed by atoms with Gasteiger partial charge in [-0.3, -0.25) is 0 Å². The van der Waals surface area contributed by atoms with E-state index in [1.165, 1.54) is 0 Å². The molecule has 1 unspecified atom stereocenters. The first kappa shape index (κ1) is 16.2. The molecule has 0 aliphatic carbocycles. The third-order valence-corrected chi connectivity index (χ3v) is 3.60. The summed E-state index contributed by atoms with van der Waals surface area (Å²) in [4.78, 5) is 8.30. The number of anilines is 2. The summed E-state index contributed by atoms with van der Waals surface area (Å²) in [5.41, 5.74) is 6.86. The predicted octanol–water partition coefficient (Wildman–Crippen LogP) is 2.27. The quantitative estimate of drug-likeness (QED) is 0.869. The highest BCUT2D eigenvalue weighted by Gasteiger charge is 2.23. The first-order valence-electron chi connectivity index (χ1n) is 7.91. The second-order valence-electron chi connectivity index (χ2n) is 5.92. The fraction of sp³-hybridized carbons (Fsp3) is 0.412. The molecule has 0 spiro atoms. The first-order valence-corrected chi connectivity index (χ1v) is 7.91. The van der Waals surface area contributed by atoms with E-state index in [1.54, 1.807) is 13.2 Å². The van der Waals surface area contributed by atoms with Crippen LogP contribution in [0, 0.1) is 0 Å². The van der Waals surface area contributed by atoms with Crippen LogP contribution in [0.15, 0.2) is 24.3 Å². The van der Waals surface area contributed by atoms with Gasteiger partial charge >= 0.3 is 0 Å². The van der Waals surface area contributed by atoms with Crippen LogP contribution in [0.4, 0.5) is 11.8 Å². The highest BCUT2D eigenvalue weighted by molar-refractivity contribution is 5.50. The van der Waals surface area contributed by atoms with Crippen molar-refractivity contribution >= 4 is 11.8 Å². The third kappa shape index (κ3) is 3.61. The van der Waals surface area contributed by atoms with Crippen molar-refractivity contribution in [2.24, 2.45) is 0 Å². The molecule has 1 aromatic heterocycles. The van der Waals surface area contributed by atoms with Crippen LogP contribution in [-0.2, 0) is 6.42 Å². The average molecular weight is 330 g/mol. The minimum absolute atomic E-state index is 0.0181. The van der Waals surface area contributed by atoms with Gasteiger partial charge in [0.05, 0.1) is 19.3 Å². The minimum atomic E-state index is 0.0181. The lowest BCUT2D eigenvalue weighted by Gasteiger charge is -2.27. The Bertz CT molecular complexity index is 721. The van der Waals surface area contributed by atoms with E-state index in [-0.39, 0.29) is 18.1 Å². The Kier molecular flexibility index (Phi) is 4.59. The molecule has 2 heterocycles. The van der Waals surface area contributed by atoms with Gasteiger partial charge in [0, 0.05) is 11.6 Å². The minimum Gasteiger partial charge on any atom is -0.493 e. The fourth-order valence-electron chi connectivity index (χ4n) is 2.68. The fourth-order valence-corrected chi connectivity index (χ4v) is 2.68. The monoisotopic (exact) mass is 330 g/mol. The van der Waals surface area contributed by atoms with Gasteiger partial charge in [-0.2, -0.15) is 9.97 Å². The van der Waals surface area contributed by atoms with Gasteiger partial charge in [-0.25, -0.2) is 0 Å². The molecule has 0 bridgehead atoms. The number of hydrogen-bond acceptors (Lipinski definition) is 7. The molecule has 7 nitrogen and oxygen atoms in total. The molecule has 0 saturated carbocycles. The molecule has 2 aromatic rings. The van der Waals surface area contributed by atoms with Crippen LogP contribution in [0.5, 0.6) is 17.4 Å². The number of benzene rings is 1. The Morgan fingerprint density at radius 3 is 2.92 bits per heavy atom. The second-order valence-corrected chi connectivity index (χ2v) is 5.92. The molecule has 0 radical (unpaired) electrons. The van der Waals surface area contributed by atoms with E-state index in [0.29, 0.717) is 18.3 Å². The number of aromatic nitrogens is 2. The summed E-state index contributed by atoms with van der Waals surface area (Å²) in [5.74, 6) is 2.82. The number of nitrogen functional groups attached to an aromatic ring is 1. The van der Waals surface area contributed by atoms with Gasteiger partial charge in [-0.05, 0) is 26.3 Å². The van der Waals surface area contributed by atoms with Crippen LogP contribution in [-0.4, -0.2) is 35.8 Å². The number of nitrogens with two attached hydrogens (primary N) is 1. The predicted molar refractivity (Wildman–Crippen MR) is 91.8 cm³/mol. The van der Waals surface area contributed by atoms with Crippen molar-refractivity contribution in [1.82, 2.24) is 9.97 Å². The zero-order valence-corrected chi connectivity index (χ0v) is 14.1. The molecule has 24 heavy (non-hydrogen) atoms. The Balaban J connectivity index is 1.74. The molecule has 3 N–H and O–H groups in total. The van der Waals surface area contributed by atoms with Crippen molar-refractivity contribution in [2.45, 2.75) is 32.4 Å². The molecular formula is C17H22N4O3. The number of hydrogen-bond donors (Lipinski definition) is 2. The molecule has 3 rings (SSSR count). The maximum Gasteiger partial charge on any atom is 0.225 e. The summed E-state index contributed by atoms with van der Waals surface area (Å²) < 4.78 is 16.8. The van der Waals surface area contributed by atoms with E-state index < -0.39 is 0 Å². The summed E-state index contributed by atoms with van der Waals surface area (Å²) in [5, 5.41) is 3.34. The number of para-hydroxylation sites is 1. The molecule has 1 aliphatic heterocycles. The molecule has 7 heteroatoms. The Morgan fingerprint density at radius 1 is 1.33 bits per heavy atom. The normalized spacial score (nSPS) is 16.2. The summed E-state index contributed by atoms with van der Waals surface area (Å²) in [7, 11) is 1.64. The maximum atomic E-state index is 5.86. The zero-order chi connectivity index (χ0) is 17.1. The van der Waals surface area contributed by atoms with Crippen LogP contribution in [0.3, 0.4) is 0 Å². The summed E-state index contributed by atoms with van der Waals surface area (Å²) >= 11 is 0. The summed E-state index contributed by atoms with van der Waals surface area (Å²) in [6, 6.07) is 7.71. The molecule has 1 aliphatic rings. The van der Waals surface area contributed by atoms with Gasteiger partial charge in [0.1, 0.15) is 12.4 Å². The van der Waals surface area contributed by atoms with Crippen LogP contribution in [0.25, 0.3) is 0 Å². The average Bonchev–Trinajstić information content (AvgIpc) is 2.52. The summed E-state index contributed by atoms with van der Waals surface area (Å²) in [6.07, 6.45) is 0.820. The van der Waals surface area contributed by atoms with Gasteiger partial charge in [0.25, 0.3) is 0 Å². The van der Waals surface area contributed by atoms with Gasteiger partial charge in [-0.15, -0.1) is 0 Å². The van der Waals surface area contributed by atoms with Crippen molar-refractivity contribution in [3.05, 3.63) is 29.8 Å². The molecule has 1 aromatic carbocycles. The molecular weight excluding hydrogens is 308 g/mol. The van der Waals surface area contributed by atoms with E-state index in [2.05, 4.69) is 15.3 Å². The standard InChI is InChI=1S/C17H22N4O3/c1-10(2)24-15-8-14(20-17(18)21-15)19-12-7-11-5-4-6-13(22-3)16(11)23-9-12/h4-6,8,10,12H,7,9H2,1-3H3,(H3,18,19,20,21). The molecule has 1 atom stereocenters. The van der Waals surface area contributed by atoms with Crippen molar-refractivity contribution in [3.8, 4) is 17.4 Å². The van der Waals surface area contributed by atoms with Gasteiger partial charge < -0.3 is 25.3 Å². The van der Waals surface area contributed by atoms with E-state index in [1.807, 2.05) is 32.0 Å². The van der Waals surface area contributed by atoms with Crippen LogP contribution >= 0.6 is 0 Å². The van der Waals surface area contributed by atoms with Gasteiger partial charge in [0.2, 0.25) is 11.8 Å². The van der Waals surface area contributed by atoms with Crippen LogP contribution in [0.2, 0.25) is 0 Å². The van der Waals surface area contributed by atoms with E-state index in [9.17, 15) is 0 Å². The second kappa shape index (κ2) is 6.82. The van der Waals surface area contributed by atoms with Gasteiger partial charge in [-0.1, -0.05) is 12.1 Å². The number of methoxy groups -OCH3 is 1. The lowest BCUT2D eigenvalue weighted by Crippen LogP contribution is -2.33. The van der Waals surface area contributed by atoms with Crippen molar-refractivity contribution in [1.29, 1.82) is 0 Å². The lowest BCUT2D eigenvalue weighted by atomic mass is 10.0. The number of nitrogens with one attached hydrogen (secondary N) is 1. The van der Waals surface area contributed by atoms with Gasteiger partial charge in [0.15, 0.2) is 11.5 Å². The van der Waals surface area contributed by atoms with Crippen LogP contribution < -0.4 is 25.3 Å². The number of ether oxygens (including phenoxy) is 3. The smallest absolute Gasteiger partial charge is 0.225 e. The summed E-state index contributed by atoms with van der Waals surface area (Å²) in [6.45, 7) is 4.38. The topological polar surface area (TPSA) is 91.5 Å². The van der Waals surface area contributed by atoms with Crippen molar-refractivity contribution in [2.75, 3.05) is 24.8 Å². The number of nitrogens with zero attached hydrogens (tertiary/aromatic N) is 2. The maximum absolute atomic E-state index is 5.86. The molecule has 0 fully saturated rings. The number of rotatable bonds is 5. The Hall–Kier alpha value is -2.70. The molecule has 0 saturated heterocycles. The lowest BCUT2D eigenvalue weighted by molar-refractivity contribution is 0.232. The van der Waals surface area contributed by atoms with E-state index in [0.717, 1.165) is 23.5 Å². The van der Waals surface area contributed by atoms with Crippen molar-refractivity contribution < 1.29 is 14.2 Å². The highest BCUT2D eigenvalue weighted by Crippen LogP contribution is 2.35.